The van der Waals surface area contributed by atoms with Gasteiger partial charge in [0.1, 0.15) is 0 Å². The van der Waals surface area contributed by atoms with Gasteiger partial charge in [-0.15, -0.1) is 0 Å². The fraction of sp³-hybridized carbons (Fsp3) is 0.0909. The molecule has 0 aliphatic carbocycles. The number of hydrogen-bond acceptors (Lipinski definition) is 2. The number of benzene rings is 1. The Bertz CT molecular complexity index is 489. The Morgan fingerprint density at radius 1 is 1.47 bits per heavy atom. The first-order valence-corrected chi connectivity index (χ1v) is 4.51. The average molecular weight is 202 g/mol. The molecular formula is C11H10N2O2. The zero-order chi connectivity index (χ0) is 10.8. The van der Waals surface area contributed by atoms with Gasteiger partial charge in [-0.2, -0.15) is 0 Å². The van der Waals surface area contributed by atoms with Crippen LogP contribution in [0.1, 0.15) is 15.9 Å². The maximum atomic E-state index is 11.1. The highest BCUT2D eigenvalue weighted by molar-refractivity contribution is 5.93. The van der Waals surface area contributed by atoms with Crippen molar-refractivity contribution in [2.24, 2.45) is 0 Å². The number of carboxylic acid groups (broad SMARTS) is 1. The van der Waals surface area contributed by atoms with Crippen molar-refractivity contribution in [1.29, 1.82) is 0 Å². The molecule has 0 saturated carbocycles. The van der Waals surface area contributed by atoms with E-state index in [4.69, 9.17) is 5.11 Å². The number of aromatic carboxylic acids is 1. The molecule has 1 heterocycles. The lowest BCUT2D eigenvalue weighted by Gasteiger charge is -2.08. The van der Waals surface area contributed by atoms with E-state index in [9.17, 15) is 4.79 Å². The summed E-state index contributed by atoms with van der Waals surface area (Å²) < 4.78 is 1.69. The third-order valence-corrected chi connectivity index (χ3v) is 2.25. The minimum atomic E-state index is -0.920. The van der Waals surface area contributed by atoms with Gasteiger partial charge in [0.15, 0.2) is 0 Å². The lowest BCUT2D eigenvalue weighted by atomic mass is 10.1. The molecule has 0 fully saturated rings. The molecule has 2 aromatic rings. The highest BCUT2D eigenvalue weighted by Crippen LogP contribution is 2.18. The molecule has 0 atom stereocenters. The fourth-order valence-corrected chi connectivity index (χ4v) is 1.55. The minimum absolute atomic E-state index is 0.315. The standard InChI is InChI=1S/C11H10N2O2/c1-8-3-2-4-9(10(8)11(14)15)13-6-5-12-7-13/h2-7H,1H3,(H,14,15). The first-order valence-electron chi connectivity index (χ1n) is 4.51. The van der Waals surface area contributed by atoms with Crippen molar-refractivity contribution >= 4 is 5.97 Å². The normalized spacial score (nSPS) is 10.2. The summed E-state index contributed by atoms with van der Waals surface area (Å²) in [7, 11) is 0. The van der Waals surface area contributed by atoms with Crippen LogP contribution >= 0.6 is 0 Å². The summed E-state index contributed by atoms with van der Waals surface area (Å²) >= 11 is 0. The molecule has 0 radical (unpaired) electrons. The van der Waals surface area contributed by atoms with Gasteiger partial charge in [0.25, 0.3) is 0 Å². The maximum absolute atomic E-state index is 11.1. The largest absolute Gasteiger partial charge is 0.478 e. The summed E-state index contributed by atoms with van der Waals surface area (Å²) in [5.74, 6) is -0.920. The van der Waals surface area contributed by atoms with Crippen LogP contribution in [0.2, 0.25) is 0 Å². The molecule has 76 valence electrons. The second-order valence-corrected chi connectivity index (χ2v) is 3.24. The van der Waals surface area contributed by atoms with Crippen LogP contribution in [0.5, 0.6) is 0 Å². The fourth-order valence-electron chi connectivity index (χ4n) is 1.55. The first kappa shape index (κ1) is 9.45. The van der Waals surface area contributed by atoms with Gasteiger partial charge in [0, 0.05) is 12.4 Å². The smallest absolute Gasteiger partial charge is 0.338 e. The van der Waals surface area contributed by atoms with Crippen molar-refractivity contribution in [2.75, 3.05) is 0 Å². The summed E-state index contributed by atoms with van der Waals surface area (Å²) in [6.45, 7) is 1.78. The van der Waals surface area contributed by atoms with Gasteiger partial charge < -0.3 is 9.67 Å². The molecule has 0 unspecified atom stereocenters. The van der Waals surface area contributed by atoms with Crippen molar-refractivity contribution in [3.05, 3.63) is 48.0 Å². The second-order valence-electron chi connectivity index (χ2n) is 3.24. The van der Waals surface area contributed by atoms with Gasteiger partial charge in [-0.05, 0) is 18.6 Å². The van der Waals surface area contributed by atoms with Crippen LogP contribution in [0.25, 0.3) is 5.69 Å². The van der Waals surface area contributed by atoms with Crippen LogP contribution in [-0.2, 0) is 0 Å². The number of carbonyl (C=O) groups is 1. The predicted octanol–water partition coefficient (Wildman–Crippen LogP) is 1.88. The lowest BCUT2D eigenvalue weighted by molar-refractivity contribution is 0.0696. The molecule has 4 nitrogen and oxygen atoms in total. The number of nitrogens with zero attached hydrogens (tertiary/aromatic N) is 2. The van der Waals surface area contributed by atoms with Crippen molar-refractivity contribution < 1.29 is 9.90 Å². The van der Waals surface area contributed by atoms with Crippen LogP contribution in [-0.4, -0.2) is 20.6 Å². The molecule has 0 aliphatic rings. The van der Waals surface area contributed by atoms with E-state index in [0.29, 0.717) is 11.3 Å². The Kier molecular flexibility index (Phi) is 2.25. The zero-order valence-corrected chi connectivity index (χ0v) is 8.21. The van der Waals surface area contributed by atoms with Crippen molar-refractivity contribution in [3.63, 3.8) is 0 Å². The molecule has 1 aromatic heterocycles. The van der Waals surface area contributed by atoms with Crippen LogP contribution in [0.15, 0.2) is 36.9 Å². The minimum Gasteiger partial charge on any atom is -0.478 e. The van der Waals surface area contributed by atoms with Gasteiger partial charge in [-0.1, -0.05) is 12.1 Å². The zero-order valence-electron chi connectivity index (χ0n) is 8.21. The Labute approximate surface area is 86.8 Å². The molecule has 15 heavy (non-hydrogen) atoms. The first-order chi connectivity index (χ1) is 7.20. The Morgan fingerprint density at radius 3 is 2.87 bits per heavy atom. The monoisotopic (exact) mass is 202 g/mol. The molecule has 4 heteroatoms. The van der Waals surface area contributed by atoms with Crippen LogP contribution < -0.4 is 0 Å². The van der Waals surface area contributed by atoms with E-state index in [1.54, 1.807) is 42.3 Å². The van der Waals surface area contributed by atoms with Gasteiger partial charge in [-0.25, -0.2) is 9.78 Å². The molecular weight excluding hydrogens is 192 g/mol. The van der Waals surface area contributed by atoms with Gasteiger partial charge in [0.2, 0.25) is 0 Å². The topological polar surface area (TPSA) is 55.1 Å². The number of aryl methyl sites for hydroxylation is 1. The summed E-state index contributed by atoms with van der Waals surface area (Å²) in [4.78, 5) is 15.0. The molecule has 0 amide bonds. The molecule has 1 aromatic carbocycles. The summed E-state index contributed by atoms with van der Waals surface area (Å²) in [6.07, 6.45) is 4.93. The molecule has 0 saturated heterocycles. The van der Waals surface area contributed by atoms with E-state index in [1.165, 1.54) is 0 Å². The van der Waals surface area contributed by atoms with Crippen molar-refractivity contribution in [1.82, 2.24) is 9.55 Å². The number of rotatable bonds is 2. The number of aromatic nitrogens is 2. The maximum Gasteiger partial charge on any atom is 0.338 e. The van der Waals surface area contributed by atoms with E-state index in [-0.39, 0.29) is 0 Å². The molecule has 0 bridgehead atoms. The van der Waals surface area contributed by atoms with E-state index < -0.39 is 5.97 Å². The summed E-state index contributed by atoms with van der Waals surface area (Å²) in [5, 5.41) is 9.11. The third kappa shape index (κ3) is 1.61. The van der Waals surface area contributed by atoms with Gasteiger partial charge >= 0.3 is 5.97 Å². The van der Waals surface area contributed by atoms with Crippen molar-refractivity contribution in [2.45, 2.75) is 6.92 Å². The van der Waals surface area contributed by atoms with E-state index >= 15 is 0 Å². The van der Waals surface area contributed by atoms with E-state index in [1.807, 2.05) is 6.07 Å². The molecule has 1 N–H and O–H groups in total. The number of hydrogen-bond donors (Lipinski definition) is 1. The number of carboxylic acids is 1. The molecule has 0 spiro atoms. The Hall–Kier alpha value is -2.10. The average Bonchev–Trinajstić information content (AvgIpc) is 2.69. The van der Waals surface area contributed by atoms with Gasteiger partial charge in [-0.3, -0.25) is 0 Å². The Balaban J connectivity index is 2.66. The van der Waals surface area contributed by atoms with Crippen molar-refractivity contribution in [3.8, 4) is 5.69 Å². The highest BCUT2D eigenvalue weighted by Gasteiger charge is 2.13. The number of imidazole rings is 1. The van der Waals surface area contributed by atoms with E-state index in [0.717, 1.165) is 5.56 Å². The second kappa shape index (κ2) is 3.57. The SMILES string of the molecule is Cc1cccc(-n2ccnc2)c1C(=O)O. The summed E-state index contributed by atoms with van der Waals surface area (Å²) in [6, 6.07) is 5.37. The van der Waals surface area contributed by atoms with Crippen LogP contribution in [0.3, 0.4) is 0 Å². The third-order valence-electron chi connectivity index (χ3n) is 2.25. The summed E-state index contributed by atoms with van der Waals surface area (Å²) in [5.41, 5.74) is 1.70. The molecule has 2 rings (SSSR count). The Morgan fingerprint density at radius 2 is 2.27 bits per heavy atom. The quantitative estimate of drug-likeness (QED) is 0.808. The van der Waals surface area contributed by atoms with Gasteiger partial charge in [0.05, 0.1) is 17.6 Å². The van der Waals surface area contributed by atoms with Crippen LogP contribution in [0, 0.1) is 6.92 Å². The molecule has 0 aliphatic heterocycles. The highest BCUT2D eigenvalue weighted by atomic mass is 16.4. The lowest BCUT2D eigenvalue weighted by Crippen LogP contribution is -2.06. The van der Waals surface area contributed by atoms with Crippen LogP contribution in [0.4, 0.5) is 0 Å². The van der Waals surface area contributed by atoms with E-state index in [2.05, 4.69) is 4.98 Å². The predicted molar refractivity (Wildman–Crippen MR) is 55.3 cm³/mol.